The number of thiophene rings is 1. The van der Waals surface area contributed by atoms with E-state index in [1.165, 1.54) is 23.3 Å². The molecule has 0 saturated heterocycles. The minimum atomic E-state index is -0.624. The van der Waals surface area contributed by atoms with E-state index in [-0.39, 0.29) is 23.2 Å². The van der Waals surface area contributed by atoms with Crippen LogP contribution in [-0.4, -0.2) is 30.9 Å². The highest BCUT2D eigenvalue weighted by Crippen LogP contribution is 2.23. The van der Waals surface area contributed by atoms with Crippen LogP contribution in [0.1, 0.15) is 27.2 Å². The summed E-state index contributed by atoms with van der Waals surface area (Å²) in [6, 6.07) is 15.4. The summed E-state index contributed by atoms with van der Waals surface area (Å²) < 4.78 is 10.1. The third kappa shape index (κ3) is 4.66. The van der Waals surface area contributed by atoms with Crippen LogP contribution in [0.2, 0.25) is 0 Å². The Bertz CT molecular complexity index is 950. The quantitative estimate of drug-likeness (QED) is 0.612. The van der Waals surface area contributed by atoms with E-state index in [2.05, 4.69) is 5.32 Å². The minimum Gasteiger partial charge on any atom is -0.459 e. The van der Waals surface area contributed by atoms with Crippen LogP contribution in [-0.2, 0) is 9.53 Å². The fourth-order valence-electron chi connectivity index (χ4n) is 2.48. The highest BCUT2D eigenvalue weighted by atomic mass is 32.1. The number of carbonyl (C=O) groups excluding carboxylic acids is 3. The van der Waals surface area contributed by atoms with Crippen molar-refractivity contribution >= 4 is 39.8 Å². The largest absolute Gasteiger partial charge is 0.459 e. The summed E-state index contributed by atoms with van der Waals surface area (Å²) in [5, 5.41) is 3.11. The van der Waals surface area contributed by atoms with Gasteiger partial charge in [-0.15, -0.1) is 11.3 Å². The van der Waals surface area contributed by atoms with E-state index in [1.54, 1.807) is 12.1 Å². The summed E-state index contributed by atoms with van der Waals surface area (Å²) in [6.45, 7) is 1.94. The van der Waals surface area contributed by atoms with Gasteiger partial charge in [0.05, 0.1) is 11.3 Å². The second-order valence-corrected chi connectivity index (χ2v) is 6.73. The van der Waals surface area contributed by atoms with E-state index >= 15 is 0 Å². The number of rotatable bonds is 7. The molecule has 28 heavy (non-hydrogen) atoms. The van der Waals surface area contributed by atoms with Crippen molar-refractivity contribution in [1.29, 1.82) is 0 Å². The summed E-state index contributed by atoms with van der Waals surface area (Å²) in [6.07, 6.45) is 1.40. The maximum Gasteiger partial charge on any atom is 0.348 e. The number of amides is 2. The van der Waals surface area contributed by atoms with Crippen molar-refractivity contribution in [3.8, 4) is 0 Å². The van der Waals surface area contributed by atoms with Gasteiger partial charge in [0.1, 0.15) is 4.88 Å². The number of esters is 1. The van der Waals surface area contributed by atoms with Gasteiger partial charge in [-0.2, -0.15) is 0 Å². The maximum atomic E-state index is 12.4. The Kier molecular flexibility index (Phi) is 6.23. The lowest BCUT2D eigenvalue weighted by atomic mass is 10.3. The van der Waals surface area contributed by atoms with Crippen LogP contribution in [0.15, 0.2) is 65.3 Å². The molecule has 144 valence electrons. The molecular formula is C20H18N2O5S. The molecule has 7 nitrogen and oxygen atoms in total. The third-order valence-corrected chi connectivity index (χ3v) is 4.78. The number of benzene rings is 1. The Labute approximate surface area is 165 Å². The van der Waals surface area contributed by atoms with Crippen molar-refractivity contribution < 1.29 is 23.5 Å². The Hall–Kier alpha value is -3.39. The summed E-state index contributed by atoms with van der Waals surface area (Å²) in [5.74, 6) is -1.18. The van der Waals surface area contributed by atoms with Gasteiger partial charge in [0.2, 0.25) is 0 Å². The highest BCUT2D eigenvalue weighted by molar-refractivity contribution is 7.18. The van der Waals surface area contributed by atoms with Crippen molar-refractivity contribution in [2.24, 2.45) is 0 Å². The van der Waals surface area contributed by atoms with Gasteiger partial charge in [0, 0.05) is 12.2 Å². The first-order chi connectivity index (χ1) is 13.6. The van der Waals surface area contributed by atoms with E-state index in [4.69, 9.17) is 9.15 Å². The first kappa shape index (κ1) is 19.4. The van der Waals surface area contributed by atoms with Gasteiger partial charge in [0.15, 0.2) is 12.4 Å². The molecule has 3 rings (SSSR count). The molecule has 0 radical (unpaired) electrons. The van der Waals surface area contributed by atoms with E-state index in [0.717, 1.165) is 17.0 Å². The van der Waals surface area contributed by atoms with Crippen LogP contribution in [0.3, 0.4) is 0 Å². The molecule has 2 heterocycles. The number of furan rings is 1. The monoisotopic (exact) mass is 398 g/mol. The average Bonchev–Trinajstić information content (AvgIpc) is 3.40. The normalized spacial score (nSPS) is 10.3. The van der Waals surface area contributed by atoms with Crippen LogP contribution in [0.4, 0.5) is 10.7 Å². The van der Waals surface area contributed by atoms with E-state index < -0.39 is 11.9 Å². The second-order valence-electron chi connectivity index (χ2n) is 5.65. The fourth-order valence-corrected chi connectivity index (χ4v) is 3.28. The molecule has 0 fully saturated rings. The number of carbonyl (C=O) groups is 3. The van der Waals surface area contributed by atoms with E-state index in [9.17, 15) is 14.4 Å². The molecule has 0 aliphatic heterocycles. The van der Waals surface area contributed by atoms with Crippen LogP contribution in [0, 0.1) is 0 Å². The number of nitrogens with zero attached hydrogens (tertiary/aromatic N) is 1. The number of hydrogen-bond acceptors (Lipinski definition) is 6. The standard InChI is InChI=1S/C20H18N2O5S/c1-2-22(14-7-4-3-5-8-14)18(23)13-27-20(25)16-10-11-17(28-16)21-19(24)15-9-6-12-26-15/h3-12H,2,13H2,1H3,(H,21,24). The molecule has 0 unspecified atom stereocenters. The van der Waals surface area contributed by atoms with Crippen molar-refractivity contribution in [1.82, 2.24) is 0 Å². The lowest BCUT2D eigenvalue weighted by molar-refractivity contribution is -0.121. The molecule has 0 aliphatic rings. The molecule has 0 spiro atoms. The fraction of sp³-hybridized carbons (Fsp3) is 0.150. The average molecular weight is 398 g/mol. The first-order valence-corrected chi connectivity index (χ1v) is 9.37. The predicted molar refractivity (Wildman–Crippen MR) is 106 cm³/mol. The lowest BCUT2D eigenvalue weighted by Crippen LogP contribution is -2.34. The summed E-state index contributed by atoms with van der Waals surface area (Å²) >= 11 is 1.06. The van der Waals surface area contributed by atoms with Crippen LogP contribution >= 0.6 is 11.3 Å². The SMILES string of the molecule is CCN(C(=O)COC(=O)c1ccc(NC(=O)c2ccco2)s1)c1ccccc1. The van der Waals surface area contributed by atoms with Crippen molar-refractivity contribution in [2.75, 3.05) is 23.4 Å². The molecule has 0 bridgehead atoms. The molecule has 0 atom stereocenters. The van der Waals surface area contributed by atoms with Crippen molar-refractivity contribution in [3.63, 3.8) is 0 Å². The van der Waals surface area contributed by atoms with Gasteiger partial charge < -0.3 is 19.4 Å². The molecule has 1 N–H and O–H groups in total. The topological polar surface area (TPSA) is 88.9 Å². The van der Waals surface area contributed by atoms with Gasteiger partial charge >= 0.3 is 5.97 Å². The smallest absolute Gasteiger partial charge is 0.348 e. The van der Waals surface area contributed by atoms with Gasteiger partial charge in [-0.05, 0) is 43.3 Å². The molecule has 2 amide bonds. The van der Waals surface area contributed by atoms with Crippen LogP contribution in [0.5, 0.6) is 0 Å². The number of para-hydroxylation sites is 1. The van der Waals surface area contributed by atoms with E-state index in [0.29, 0.717) is 11.5 Å². The van der Waals surface area contributed by atoms with Gasteiger partial charge in [-0.1, -0.05) is 18.2 Å². The second kappa shape index (κ2) is 9.01. The van der Waals surface area contributed by atoms with Gasteiger partial charge in [-0.25, -0.2) is 4.79 Å². The number of nitrogens with one attached hydrogen (secondary N) is 1. The summed E-state index contributed by atoms with van der Waals surface area (Å²) in [5.41, 5.74) is 0.741. The summed E-state index contributed by atoms with van der Waals surface area (Å²) in [7, 11) is 0. The lowest BCUT2D eigenvalue weighted by Gasteiger charge is -2.20. The Morgan fingerprint density at radius 3 is 2.54 bits per heavy atom. The maximum absolute atomic E-state index is 12.4. The Balaban J connectivity index is 1.55. The van der Waals surface area contributed by atoms with Crippen LogP contribution < -0.4 is 10.2 Å². The van der Waals surface area contributed by atoms with E-state index in [1.807, 2.05) is 37.3 Å². The molecule has 3 aromatic rings. The number of ether oxygens (including phenoxy) is 1. The van der Waals surface area contributed by atoms with Gasteiger partial charge in [0.25, 0.3) is 11.8 Å². The zero-order valence-electron chi connectivity index (χ0n) is 15.1. The molecular weight excluding hydrogens is 380 g/mol. The third-order valence-electron chi connectivity index (χ3n) is 3.80. The van der Waals surface area contributed by atoms with Crippen molar-refractivity contribution in [3.05, 3.63) is 71.5 Å². The zero-order chi connectivity index (χ0) is 19.9. The van der Waals surface area contributed by atoms with Crippen LogP contribution in [0.25, 0.3) is 0 Å². The minimum absolute atomic E-state index is 0.170. The summed E-state index contributed by atoms with van der Waals surface area (Å²) in [4.78, 5) is 38.4. The molecule has 0 saturated carbocycles. The predicted octanol–water partition coefficient (Wildman–Crippen LogP) is 3.80. The molecule has 1 aromatic carbocycles. The Morgan fingerprint density at radius 1 is 1.07 bits per heavy atom. The number of anilines is 2. The molecule has 8 heteroatoms. The number of hydrogen-bond donors (Lipinski definition) is 1. The number of likely N-dealkylation sites (N-methyl/N-ethyl adjacent to an activating group) is 1. The first-order valence-electron chi connectivity index (χ1n) is 8.55. The van der Waals surface area contributed by atoms with Gasteiger partial charge in [-0.3, -0.25) is 9.59 Å². The molecule has 0 aliphatic carbocycles. The Morgan fingerprint density at radius 2 is 1.86 bits per heavy atom. The highest BCUT2D eigenvalue weighted by Gasteiger charge is 2.18. The zero-order valence-corrected chi connectivity index (χ0v) is 15.9. The molecule has 2 aromatic heterocycles. The van der Waals surface area contributed by atoms with Crippen molar-refractivity contribution in [2.45, 2.75) is 6.92 Å².